The third kappa shape index (κ3) is 7.93. The second-order valence-electron chi connectivity index (χ2n) is 8.85. The van der Waals surface area contributed by atoms with Gasteiger partial charge in [0.15, 0.2) is 0 Å². The molecule has 4 aromatic rings. The molecule has 0 fully saturated rings. The van der Waals surface area contributed by atoms with Crippen LogP contribution in [0.25, 0.3) is 0 Å². The number of phenols is 1. The predicted molar refractivity (Wildman–Crippen MR) is 146 cm³/mol. The zero-order valence-corrected chi connectivity index (χ0v) is 20.6. The van der Waals surface area contributed by atoms with Crippen LogP contribution in [0.15, 0.2) is 109 Å². The highest BCUT2D eigenvalue weighted by Crippen LogP contribution is 2.26. The molecule has 4 N–H and O–H groups in total. The fourth-order valence-corrected chi connectivity index (χ4v) is 4.05. The van der Waals surface area contributed by atoms with E-state index in [1.165, 1.54) is 0 Å². The molecule has 0 radical (unpaired) electrons. The Kier molecular flexibility index (Phi) is 9.29. The van der Waals surface area contributed by atoms with Crippen LogP contribution in [0.3, 0.4) is 0 Å². The Balaban J connectivity index is 1.24. The van der Waals surface area contributed by atoms with Gasteiger partial charge in [0.25, 0.3) is 0 Å². The largest absolute Gasteiger partial charge is 0.508 e. The molecule has 6 heteroatoms. The molecule has 6 nitrogen and oxygen atoms in total. The van der Waals surface area contributed by atoms with Gasteiger partial charge in [-0.3, -0.25) is 4.79 Å². The number of phenolic OH excluding ortho intramolecular Hbond substituents is 1. The molecular weight excluding hydrogens is 464 g/mol. The first-order chi connectivity index (χ1) is 18.1. The molecule has 0 bridgehead atoms. The van der Waals surface area contributed by atoms with Gasteiger partial charge >= 0.3 is 0 Å². The van der Waals surface area contributed by atoms with Crippen molar-refractivity contribution >= 4 is 11.6 Å². The van der Waals surface area contributed by atoms with Gasteiger partial charge in [0, 0.05) is 12.2 Å². The number of ether oxygens (including phenoxy) is 1. The van der Waals surface area contributed by atoms with Crippen LogP contribution in [0, 0.1) is 0 Å². The summed E-state index contributed by atoms with van der Waals surface area (Å²) in [5.41, 5.74) is 3.78. The summed E-state index contributed by atoms with van der Waals surface area (Å²) in [6.07, 6.45) is 0.143. The van der Waals surface area contributed by atoms with Crippen LogP contribution < -0.4 is 15.4 Å². The Morgan fingerprint density at radius 1 is 0.784 bits per heavy atom. The third-order valence-corrected chi connectivity index (χ3v) is 6.00. The van der Waals surface area contributed by atoms with Crippen molar-refractivity contribution in [2.45, 2.75) is 18.4 Å². The molecule has 0 heterocycles. The lowest BCUT2D eigenvalue weighted by Crippen LogP contribution is -2.32. The monoisotopic (exact) mass is 496 g/mol. The minimum atomic E-state index is -0.645. The molecule has 37 heavy (non-hydrogen) atoms. The fraction of sp³-hybridized carbons (Fsp3) is 0.194. The number of hydrogen-bond acceptors (Lipinski definition) is 5. The Labute approximate surface area is 217 Å². The molecule has 0 saturated carbocycles. The number of aliphatic hydroxyl groups excluding tert-OH is 1. The lowest BCUT2D eigenvalue weighted by atomic mass is 9.90. The molecule has 0 aliphatic carbocycles. The highest BCUT2D eigenvalue weighted by molar-refractivity contribution is 5.98. The highest BCUT2D eigenvalue weighted by atomic mass is 16.5. The molecule has 0 aromatic heterocycles. The number of aromatic hydroxyl groups is 1. The Morgan fingerprint density at radius 3 is 1.97 bits per heavy atom. The maximum Gasteiger partial charge on any atom is 0.236 e. The number of amides is 1. The zero-order chi connectivity index (χ0) is 25.9. The molecule has 0 aliphatic heterocycles. The van der Waals surface area contributed by atoms with Crippen molar-refractivity contribution in [3.8, 4) is 11.5 Å². The van der Waals surface area contributed by atoms with Crippen LogP contribution in [0.5, 0.6) is 11.5 Å². The molecule has 190 valence electrons. The molecule has 0 saturated heterocycles. The van der Waals surface area contributed by atoms with E-state index in [0.717, 1.165) is 28.8 Å². The van der Waals surface area contributed by atoms with Gasteiger partial charge in [-0.25, -0.2) is 0 Å². The molecule has 4 aromatic carbocycles. The minimum absolute atomic E-state index is 0.0738. The summed E-state index contributed by atoms with van der Waals surface area (Å²) in [4.78, 5) is 13.3. The van der Waals surface area contributed by atoms with Gasteiger partial charge in [-0.2, -0.15) is 0 Å². The SMILES string of the molecule is O=C(Nc1ccc(CCNC[C@H](O)COc2ccc(O)cc2)cc1)C(c1ccccc1)c1ccccc1. The summed E-state index contributed by atoms with van der Waals surface area (Å²) < 4.78 is 5.52. The van der Waals surface area contributed by atoms with E-state index in [9.17, 15) is 15.0 Å². The average Bonchev–Trinajstić information content (AvgIpc) is 2.93. The standard InChI is InChI=1S/C31H32N2O4/c34-27-15-17-29(18-16-27)37-22-28(35)21-32-20-19-23-11-13-26(14-12-23)33-31(36)30(24-7-3-1-4-8-24)25-9-5-2-6-10-25/h1-18,28,30,32,34-35H,19-22H2,(H,33,36)/t28-/m0/s1. The maximum absolute atomic E-state index is 13.3. The van der Waals surface area contributed by atoms with Crippen LogP contribution in [0.2, 0.25) is 0 Å². The van der Waals surface area contributed by atoms with E-state index in [0.29, 0.717) is 18.8 Å². The highest BCUT2D eigenvalue weighted by Gasteiger charge is 2.22. The zero-order valence-electron chi connectivity index (χ0n) is 20.6. The van der Waals surface area contributed by atoms with E-state index in [1.807, 2.05) is 84.9 Å². The van der Waals surface area contributed by atoms with Crippen molar-refractivity contribution in [1.29, 1.82) is 0 Å². The van der Waals surface area contributed by atoms with Crippen molar-refractivity contribution in [3.05, 3.63) is 126 Å². The molecule has 1 amide bonds. The van der Waals surface area contributed by atoms with Gasteiger partial charge in [0.1, 0.15) is 24.2 Å². The Morgan fingerprint density at radius 2 is 1.38 bits per heavy atom. The van der Waals surface area contributed by atoms with Gasteiger partial charge in [0.2, 0.25) is 5.91 Å². The normalized spacial score (nSPS) is 11.7. The van der Waals surface area contributed by atoms with Gasteiger partial charge in [-0.15, -0.1) is 0 Å². The number of anilines is 1. The molecule has 1 atom stereocenters. The van der Waals surface area contributed by atoms with Crippen LogP contribution in [-0.2, 0) is 11.2 Å². The van der Waals surface area contributed by atoms with Crippen LogP contribution in [0.4, 0.5) is 5.69 Å². The van der Waals surface area contributed by atoms with Crippen LogP contribution in [-0.4, -0.2) is 41.9 Å². The lowest BCUT2D eigenvalue weighted by Gasteiger charge is -2.18. The van der Waals surface area contributed by atoms with Crippen LogP contribution in [0.1, 0.15) is 22.6 Å². The smallest absolute Gasteiger partial charge is 0.236 e. The van der Waals surface area contributed by atoms with E-state index < -0.39 is 12.0 Å². The third-order valence-electron chi connectivity index (χ3n) is 6.00. The number of nitrogens with one attached hydrogen (secondary N) is 2. The lowest BCUT2D eigenvalue weighted by molar-refractivity contribution is -0.116. The summed E-state index contributed by atoms with van der Waals surface area (Å²) in [6, 6.07) is 33.8. The first kappa shape index (κ1) is 25.9. The minimum Gasteiger partial charge on any atom is -0.508 e. The topological polar surface area (TPSA) is 90.8 Å². The first-order valence-electron chi connectivity index (χ1n) is 12.4. The number of carbonyl (C=O) groups is 1. The molecule has 4 rings (SSSR count). The van der Waals surface area contributed by atoms with Crippen molar-refractivity contribution in [1.82, 2.24) is 5.32 Å². The summed E-state index contributed by atoms with van der Waals surface area (Å²) in [5.74, 6) is 0.308. The number of hydrogen-bond donors (Lipinski definition) is 4. The fourth-order valence-electron chi connectivity index (χ4n) is 4.05. The number of rotatable bonds is 12. The van der Waals surface area contributed by atoms with Crippen molar-refractivity contribution in [3.63, 3.8) is 0 Å². The summed E-state index contributed by atoms with van der Waals surface area (Å²) in [5, 5.41) is 25.7. The van der Waals surface area contributed by atoms with E-state index >= 15 is 0 Å². The molecule has 0 spiro atoms. The quantitative estimate of drug-likeness (QED) is 0.213. The van der Waals surface area contributed by atoms with E-state index in [4.69, 9.17) is 4.74 Å². The van der Waals surface area contributed by atoms with Gasteiger partial charge in [-0.1, -0.05) is 72.8 Å². The van der Waals surface area contributed by atoms with Crippen LogP contribution >= 0.6 is 0 Å². The summed E-state index contributed by atoms with van der Waals surface area (Å²) >= 11 is 0. The van der Waals surface area contributed by atoms with Crippen molar-refractivity contribution < 1.29 is 19.7 Å². The second-order valence-corrected chi connectivity index (χ2v) is 8.85. The first-order valence-corrected chi connectivity index (χ1v) is 12.4. The number of carbonyl (C=O) groups excluding carboxylic acids is 1. The van der Waals surface area contributed by atoms with E-state index in [-0.39, 0.29) is 18.3 Å². The Bertz CT molecular complexity index is 1190. The maximum atomic E-state index is 13.3. The Hall–Kier alpha value is -4.13. The van der Waals surface area contributed by atoms with Crippen molar-refractivity contribution in [2.24, 2.45) is 0 Å². The molecule has 0 unspecified atom stereocenters. The van der Waals surface area contributed by atoms with E-state index in [1.54, 1.807) is 24.3 Å². The average molecular weight is 497 g/mol. The van der Waals surface area contributed by atoms with Gasteiger partial charge in [0.05, 0.1) is 5.92 Å². The predicted octanol–water partition coefficient (Wildman–Crippen LogP) is 4.73. The van der Waals surface area contributed by atoms with E-state index in [2.05, 4.69) is 10.6 Å². The number of benzene rings is 4. The number of aliphatic hydroxyl groups is 1. The van der Waals surface area contributed by atoms with Gasteiger partial charge in [-0.05, 0) is 66.1 Å². The summed E-state index contributed by atoms with van der Waals surface area (Å²) in [7, 11) is 0. The van der Waals surface area contributed by atoms with Crippen molar-refractivity contribution in [2.75, 3.05) is 25.0 Å². The molecular formula is C31H32N2O4. The second kappa shape index (κ2) is 13.3. The van der Waals surface area contributed by atoms with Gasteiger partial charge < -0.3 is 25.6 Å². The molecule has 0 aliphatic rings. The summed E-state index contributed by atoms with van der Waals surface area (Å²) in [6.45, 7) is 1.28.